The Bertz CT molecular complexity index is 703. The van der Waals surface area contributed by atoms with Crippen molar-refractivity contribution in [3.05, 3.63) is 64.9 Å². The van der Waals surface area contributed by atoms with Crippen molar-refractivity contribution in [1.82, 2.24) is 0 Å². The molecule has 3 nitrogen and oxygen atoms in total. The summed E-state index contributed by atoms with van der Waals surface area (Å²) in [6, 6.07) is 13.8. The molecule has 3 N–H and O–H groups in total. The fourth-order valence-corrected chi connectivity index (χ4v) is 2.26. The molecule has 4 heteroatoms. The molecular formula is C15H12ClNO2. The van der Waals surface area contributed by atoms with Crippen LogP contribution in [0.3, 0.4) is 0 Å². The molecule has 3 aromatic rings. The second-order valence-electron chi connectivity index (χ2n) is 4.37. The lowest BCUT2D eigenvalue weighted by Gasteiger charge is -2.11. The van der Waals surface area contributed by atoms with E-state index in [0.717, 1.165) is 11.0 Å². The van der Waals surface area contributed by atoms with Gasteiger partial charge < -0.3 is 15.3 Å². The smallest absolute Gasteiger partial charge is 0.134 e. The molecule has 0 aliphatic heterocycles. The standard InChI is InChI=1S/C15H12ClNO2/c16-10-5-6-12(18)11(8-10)15(17)14-7-9-3-1-2-4-13(9)19-14/h1-8,15,18H,17H2. The van der Waals surface area contributed by atoms with Gasteiger partial charge in [-0.25, -0.2) is 0 Å². The average molecular weight is 274 g/mol. The molecule has 1 aromatic heterocycles. The van der Waals surface area contributed by atoms with E-state index in [1.807, 2.05) is 30.3 Å². The van der Waals surface area contributed by atoms with Crippen molar-refractivity contribution >= 4 is 22.6 Å². The molecule has 0 saturated carbocycles. The molecule has 0 bridgehead atoms. The van der Waals surface area contributed by atoms with Gasteiger partial charge >= 0.3 is 0 Å². The quantitative estimate of drug-likeness (QED) is 0.746. The number of fused-ring (bicyclic) bond motifs is 1. The topological polar surface area (TPSA) is 59.4 Å². The van der Waals surface area contributed by atoms with Crippen LogP contribution < -0.4 is 5.73 Å². The van der Waals surface area contributed by atoms with Crippen molar-refractivity contribution in [3.63, 3.8) is 0 Å². The number of phenols is 1. The van der Waals surface area contributed by atoms with Crippen LogP contribution in [0, 0.1) is 0 Å². The summed E-state index contributed by atoms with van der Waals surface area (Å²) < 4.78 is 5.70. The molecule has 0 radical (unpaired) electrons. The zero-order valence-corrected chi connectivity index (χ0v) is 10.8. The maximum atomic E-state index is 9.86. The lowest BCUT2D eigenvalue weighted by molar-refractivity contribution is 0.455. The van der Waals surface area contributed by atoms with Crippen molar-refractivity contribution in [2.75, 3.05) is 0 Å². The molecule has 0 spiro atoms. The zero-order valence-electron chi connectivity index (χ0n) is 10.0. The van der Waals surface area contributed by atoms with Crippen LogP contribution in [0.4, 0.5) is 0 Å². The van der Waals surface area contributed by atoms with E-state index in [2.05, 4.69) is 0 Å². The van der Waals surface area contributed by atoms with Gasteiger partial charge in [-0.1, -0.05) is 29.8 Å². The van der Waals surface area contributed by atoms with E-state index in [4.69, 9.17) is 21.8 Å². The van der Waals surface area contributed by atoms with Crippen molar-refractivity contribution in [1.29, 1.82) is 0 Å². The third-order valence-electron chi connectivity index (χ3n) is 3.08. The number of hydrogen-bond donors (Lipinski definition) is 2. The van der Waals surface area contributed by atoms with Crippen LogP contribution in [0.2, 0.25) is 5.02 Å². The Morgan fingerprint density at radius 2 is 1.89 bits per heavy atom. The van der Waals surface area contributed by atoms with E-state index in [1.54, 1.807) is 12.1 Å². The SMILES string of the molecule is NC(c1cc2ccccc2o1)c1cc(Cl)ccc1O. The molecule has 1 heterocycles. The summed E-state index contributed by atoms with van der Waals surface area (Å²) in [5, 5.41) is 11.4. The van der Waals surface area contributed by atoms with Crippen LogP contribution in [0.15, 0.2) is 52.9 Å². The Balaban J connectivity index is 2.07. The highest BCUT2D eigenvalue weighted by atomic mass is 35.5. The first-order chi connectivity index (χ1) is 9.15. The number of halogens is 1. The molecule has 1 atom stereocenters. The van der Waals surface area contributed by atoms with Gasteiger partial charge in [0.25, 0.3) is 0 Å². The van der Waals surface area contributed by atoms with Crippen LogP contribution >= 0.6 is 11.6 Å². The maximum Gasteiger partial charge on any atom is 0.134 e. The number of benzene rings is 2. The van der Waals surface area contributed by atoms with E-state index < -0.39 is 6.04 Å². The Morgan fingerprint density at radius 1 is 1.11 bits per heavy atom. The van der Waals surface area contributed by atoms with Gasteiger partial charge in [-0.2, -0.15) is 0 Å². The lowest BCUT2D eigenvalue weighted by Crippen LogP contribution is -2.11. The summed E-state index contributed by atoms with van der Waals surface area (Å²) in [7, 11) is 0. The predicted molar refractivity (Wildman–Crippen MR) is 75.4 cm³/mol. The number of rotatable bonds is 2. The summed E-state index contributed by atoms with van der Waals surface area (Å²) in [6.45, 7) is 0. The lowest BCUT2D eigenvalue weighted by atomic mass is 10.0. The maximum absolute atomic E-state index is 9.86. The molecule has 0 aliphatic carbocycles. The summed E-state index contributed by atoms with van der Waals surface area (Å²) in [5.74, 6) is 0.705. The number of nitrogens with two attached hydrogens (primary N) is 1. The van der Waals surface area contributed by atoms with Crippen molar-refractivity contribution in [3.8, 4) is 5.75 Å². The third kappa shape index (κ3) is 2.18. The summed E-state index contributed by atoms with van der Waals surface area (Å²) >= 11 is 5.93. The number of aromatic hydroxyl groups is 1. The normalized spacial score (nSPS) is 12.7. The highest BCUT2D eigenvalue weighted by molar-refractivity contribution is 6.30. The molecule has 0 fully saturated rings. The van der Waals surface area contributed by atoms with Crippen molar-refractivity contribution < 1.29 is 9.52 Å². The average Bonchev–Trinajstić information content (AvgIpc) is 2.84. The number of para-hydroxylation sites is 1. The minimum Gasteiger partial charge on any atom is -0.508 e. The Morgan fingerprint density at radius 3 is 2.68 bits per heavy atom. The Labute approximate surface area is 115 Å². The van der Waals surface area contributed by atoms with Gasteiger partial charge in [0.05, 0.1) is 6.04 Å². The first-order valence-electron chi connectivity index (χ1n) is 5.87. The van der Waals surface area contributed by atoms with Gasteiger partial charge in [0, 0.05) is 16.0 Å². The van der Waals surface area contributed by atoms with Crippen LogP contribution in [-0.2, 0) is 0 Å². The molecule has 96 valence electrons. The minimum atomic E-state index is -0.550. The molecule has 0 amide bonds. The number of hydrogen-bond acceptors (Lipinski definition) is 3. The van der Waals surface area contributed by atoms with E-state index >= 15 is 0 Å². The molecule has 2 aromatic carbocycles. The molecule has 1 unspecified atom stereocenters. The van der Waals surface area contributed by atoms with Crippen LogP contribution in [0.25, 0.3) is 11.0 Å². The third-order valence-corrected chi connectivity index (χ3v) is 3.31. The summed E-state index contributed by atoms with van der Waals surface area (Å²) in [5.41, 5.74) is 7.46. The molecule has 0 saturated heterocycles. The van der Waals surface area contributed by atoms with Crippen LogP contribution in [-0.4, -0.2) is 5.11 Å². The zero-order chi connectivity index (χ0) is 13.4. The van der Waals surface area contributed by atoms with Crippen molar-refractivity contribution in [2.24, 2.45) is 5.73 Å². The fourth-order valence-electron chi connectivity index (χ4n) is 2.08. The van der Waals surface area contributed by atoms with E-state index in [1.165, 1.54) is 6.07 Å². The molecule has 0 aliphatic rings. The van der Waals surface area contributed by atoms with Gasteiger partial charge in [-0.15, -0.1) is 0 Å². The number of phenolic OH excluding ortho intramolecular Hbond substituents is 1. The molecule has 19 heavy (non-hydrogen) atoms. The first-order valence-corrected chi connectivity index (χ1v) is 6.25. The highest BCUT2D eigenvalue weighted by Crippen LogP contribution is 2.32. The van der Waals surface area contributed by atoms with E-state index in [-0.39, 0.29) is 5.75 Å². The van der Waals surface area contributed by atoms with E-state index in [9.17, 15) is 5.11 Å². The predicted octanol–water partition coefficient (Wildman–Crippen LogP) is 3.84. The Kier molecular flexibility index (Phi) is 2.93. The second kappa shape index (κ2) is 4.61. The van der Waals surface area contributed by atoms with Crippen molar-refractivity contribution in [2.45, 2.75) is 6.04 Å². The van der Waals surface area contributed by atoms with E-state index in [0.29, 0.717) is 16.3 Å². The summed E-state index contributed by atoms with van der Waals surface area (Å²) in [4.78, 5) is 0. The number of furan rings is 1. The van der Waals surface area contributed by atoms with Gasteiger partial charge in [0.1, 0.15) is 17.1 Å². The summed E-state index contributed by atoms with van der Waals surface area (Å²) in [6.07, 6.45) is 0. The van der Waals surface area contributed by atoms with Crippen LogP contribution in [0.5, 0.6) is 5.75 Å². The molecule has 3 rings (SSSR count). The monoisotopic (exact) mass is 273 g/mol. The van der Waals surface area contributed by atoms with Gasteiger partial charge in [0.2, 0.25) is 0 Å². The van der Waals surface area contributed by atoms with Gasteiger partial charge in [-0.05, 0) is 30.3 Å². The Hall–Kier alpha value is -1.97. The second-order valence-corrected chi connectivity index (χ2v) is 4.80. The van der Waals surface area contributed by atoms with Crippen LogP contribution in [0.1, 0.15) is 17.4 Å². The largest absolute Gasteiger partial charge is 0.508 e. The molecular weight excluding hydrogens is 262 g/mol. The van der Waals surface area contributed by atoms with Gasteiger partial charge in [0.15, 0.2) is 0 Å². The fraction of sp³-hybridized carbons (Fsp3) is 0.0667. The highest BCUT2D eigenvalue weighted by Gasteiger charge is 2.17. The first kappa shape index (κ1) is 12.1. The minimum absolute atomic E-state index is 0.109. The van der Waals surface area contributed by atoms with Gasteiger partial charge in [-0.3, -0.25) is 0 Å².